The summed E-state index contributed by atoms with van der Waals surface area (Å²) >= 11 is 1.98. The molecule has 0 unspecified atom stereocenters. The lowest BCUT2D eigenvalue weighted by Gasteiger charge is -2.27. The van der Waals surface area contributed by atoms with Crippen molar-refractivity contribution in [3.63, 3.8) is 0 Å². The van der Waals surface area contributed by atoms with Crippen LogP contribution in [-0.4, -0.2) is 48.5 Å². The second-order valence-electron chi connectivity index (χ2n) is 4.49. The van der Waals surface area contributed by atoms with Gasteiger partial charge in [0.2, 0.25) is 0 Å². The molecule has 0 saturated carbocycles. The van der Waals surface area contributed by atoms with Crippen molar-refractivity contribution in [2.24, 2.45) is 10.7 Å². The van der Waals surface area contributed by atoms with Crippen molar-refractivity contribution in [2.45, 2.75) is 6.42 Å². The highest BCUT2D eigenvalue weighted by molar-refractivity contribution is 14.0. The maximum atomic E-state index is 5.99. The summed E-state index contributed by atoms with van der Waals surface area (Å²) in [5, 5.41) is 3.37. The smallest absolute Gasteiger partial charge is 0.191 e. The fourth-order valence-electron chi connectivity index (χ4n) is 1.95. The van der Waals surface area contributed by atoms with Crippen LogP contribution in [0.3, 0.4) is 0 Å². The molecular formula is C14H23IN4S. The van der Waals surface area contributed by atoms with Crippen molar-refractivity contribution in [1.29, 1.82) is 0 Å². The second kappa shape index (κ2) is 10.1. The Morgan fingerprint density at radius 2 is 1.95 bits per heavy atom. The average molecular weight is 406 g/mol. The van der Waals surface area contributed by atoms with Crippen LogP contribution >= 0.6 is 35.7 Å². The first-order chi connectivity index (χ1) is 9.36. The predicted molar refractivity (Wildman–Crippen MR) is 100 cm³/mol. The summed E-state index contributed by atoms with van der Waals surface area (Å²) in [6, 6.07) is 10.2. The van der Waals surface area contributed by atoms with Gasteiger partial charge in [-0.25, -0.2) is 0 Å². The molecule has 0 amide bonds. The van der Waals surface area contributed by atoms with E-state index in [0.29, 0.717) is 5.96 Å². The minimum atomic E-state index is 0. The second-order valence-corrected chi connectivity index (χ2v) is 5.71. The molecule has 112 valence electrons. The third-order valence-corrected chi connectivity index (χ3v) is 3.99. The number of rotatable bonds is 5. The SMILES string of the molecule is I.NC(=NCCCNc1ccccc1)N1CCSCC1. The van der Waals surface area contributed by atoms with Crippen LogP contribution in [0.5, 0.6) is 0 Å². The molecule has 0 atom stereocenters. The van der Waals surface area contributed by atoms with Gasteiger partial charge in [0.15, 0.2) is 5.96 Å². The lowest BCUT2D eigenvalue weighted by atomic mass is 10.3. The van der Waals surface area contributed by atoms with Gasteiger partial charge in [-0.3, -0.25) is 4.99 Å². The molecule has 1 heterocycles. The van der Waals surface area contributed by atoms with Crippen molar-refractivity contribution in [3.8, 4) is 0 Å². The van der Waals surface area contributed by atoms with E-state index < -0.39 is 0 Å². The van der Waals surface area contributed by atoms with Gasteiger partial charge in [-0.05, 0) is 18.6 Å². The molecule has 6 heteroatoms. The third kappa shape index (κ3) is 6.21. The largest absolute Gasteiger partial charge is 0.385 e. The summed E-state index contributed by atoms with van der Waals surface area (Å²) in [6.45, 7) is 3.77. The topological polar surface area (TPSA) is 53.6 Å². The van der Waals surface area contributed by atoms with E-state index in [1.54, 1.807) is 0 Å². The Morgan fingerprint density at radius 1 is 1.25 bits per heavy atom. The average Bonchev–Trinajstić information content (AvgIpc) is 2.49. The predicted octanol–water partition coefficient (Wildman–Crippen LogP) is 2.47. The van der Waals surface area contributed by atoms with E-state index in [-0.39, 0.29) is 24.0 Å². The van der Waals surface area contributed by atoms with Crippen LogP contribution in [0.2, 0.25) is 0 Å². The molecule has 1 aliphatic rings. The number of hydrogen-bond acceptors (Lipinski definition) is 3. The van der Waals surface area contributed by atoms with E-state index in [1.807, 2.05) is 30.0 Å². The summed E-state index contributed by atoms with van der Waals surface area (Å²) < 4.78 is 0. The van der Waals surface area contributed by atoms with E-state index in [9.17, 15) is 0 Å². The van der Waals surface area contributed by atoms with Crippen LogP contribution < -0.4 is 11.1 Å². The zero-order valence-corrected chi connectivity index (χ0v) is 14.8. The first kappa shape index (κ1) is 17.4. The third-order valence-electron chi connectivity index (χ3n) is 3.05. The molecule has 1 aromatic carbocycles. The highest BCUT2D eigenvalue weighted by atomic mass is 127. The zero-order valence-electron chi connectivity index (χ0n) is 11.6. The van der Waals surface area contributed by atoms with Gasteiger partial charge in [-0.1, -0.05) is 18.2 Å². The van der Waals surface area contributed by atoms with Crippen molar-refractivity contribution in [1.82, 2.24) is 4.90 Å². The number of para-hydroxylation sites is 1. The number of aliphatic imine (C=N–C) groups is 1. The molecule has 0 bridgehead atoms. The van der Waals surface area contributed by atoms with Gasteiger partial charge in [-0.15, -0.1) is 24.0 Å². The molecule has 2 rings (SSSR count). The number of nitrogens with one attached hydrogen (secondary N) is 1. The van der Waals surface area contributed by atoms with Gasteiger partial charge in [0.25, 0.3) is 0 Å². The molecule has 1 fully saturated rings. The molecule has 20 heavy (non-hydrogen) atoms. The van der Waals surface area contributed by atoms with Crippen LogP contribution in [0.1, 0.15) is 6.42 Å². The van der Waals surface area contributed by atoms with E-state index >= 15 is 0 Å². The number of benzene rings is 1. The van der Waals surface area contributed by atoms with Crippen molar-refractivity contribution in [2.75, 3.05) is 43.0 Å². The molecular weight excluding hydrogens is 383 g/mol. The van der Waals surface area contributed by atoms with Gasteiger partial charge in [0, 0.05) is 43.4 Å². The Balaban J connectivity index is 0.00000200. The molecule has 0 spiro atoms. The van der Waals surface area contributed by atoms with Crippen molar-refractivity contribution >= 4 is 47.4 Å². The van der Waals surface area contributed by atoms with E-state index in [0.717, 1.165) is 49.8 Å². The highest BCUT2D eigenvalue weighted by Gasteiger charge is 2.11. The number of thioether (sulfide) groups is 1. The maximum absolute atomic E-state index is 5.99. The summed E-state index contributed by atoms with van der Waals surface area (Å²) in [4.78, 5) is 6.63. The molecule has 3 N–H and O–H groups in total. The van der Waals surface area contributed by atoms with E-state index in [1.165, 1.54) is 0 Å². The Labute approximate surface area is 142 Å². The quantitative estimate of drug-likeness (QED) is 0.342. The Bertz CT molecular complexity index is 393. The fourth-order valence-corrected chi connectivity index (χ4v) is 2.86. The normalized spacial score (nSPS) is 15.6. The lowest BCUT2D eigenvalue weighted by Crippen LogP contribution is -2.42. The van der Waals surface area contributed by atoms with E-state index in [2.05, 4.69) is 27.3 Å². The summed E-state index contributed by atoms with van der Waals surface area (Å²) in [7, 11) is 0. The molecule has 0 radical (unpaired) electrons. The molecule has 1 aromatic rings. The first-order valence-corrected chi connectivity index (χ1v) is 7.93. The van der Waals surface area contributed by atoms with Gasteiger partial charge in [0.1, 0.15) is 0 Å². The molecule has 0 aromatic heterocycles. The van der Waals surface area contributed by atoms with Crippen molar-refractivity contribution in [3.05, 3.63) is 30.3 Å². The molecule has 4 nitrogen and oxygen atoms in total. The number of hydrogen-bond donors (Lipinski definition) is 2. The van der Waals surface area contributed by atoms with Crippen LogP contribution in [-0.2, 0) is 0 Å². The molecule has 1 aliphatic heterocycles. The molecule has 0 aliphatic carbocycles. The van der Waals surface area contributed by atoms with Crippen LogP contribution in [0.4, 0.5) is 5.69 Å². The number of anilines is 1. The van der Waals surface area contributed by atoms with Gasteiger partial charge in [-0.2, -0.15) is 11.8 Å². The van der Waals surface area contributed by atoms with Crippen LogP contribution in [0.25, 0.3) is 0 Å². The monoisotopic (exact) mass is 406 g/mol. The van der Waals surface area contributed by atoms with Crippen LogP contribution in [0, 0.1) is 0 Å². The van der Waals surface area contributed by atoms with Crippen LogP contribution in [0.15, 0.2) is 35.3 Å². The zero-order chi connectivity index (χ0) is 13.3. The van der Waals surface area contributed by atoms with E-state index in [4.69, 9.17) is 5.73 Å². The molecule has 1 saturated heterocycles. The fraction of sp³-hybridized carbons (Fsp3) is 0.500. The summed E-state index contributed by atoms with van der Waals surface area (Å²) in [5.41, 5.74) is 7.15. The number of halogens is 1. The first-order valence-electron chi connectivity index (χ1n) is 6.78. The van der Waals surface area contributed by atoms with Crippen molar-refractivity contribution < 1.29 is 0 Å². The van der Waals surface area contributed by atoms with Gasteiger partial charge in [0.05, 0.1) is 0 Å². The number of guanidine groups is 1. The lowest BCUT2D eigenvalue weighted by molar-refractivity contribution is 0.455. The standard InChI is InChI=1S/C14H22N4S.HI/c15-14(18-9-11-19-12-10-18)17-8-4-7-16-13-5-2-1-3-6-13;/h1-3,5-6,16H,4,7-12H2,(H2,15,17);1H. The Hall–Kier alpha value is -0.630. The Morgan fingerprint density at radius 3 is 2.65 bits per heavy atom. The minimum Gasteiger partial charge on any atom is -0.385 e. The number of nitrogens with two attached hydrogens (primary N) is 1. The number of nitrogens with zero attached hydrogens (tertiary/aromatic N) is 2. The maximum Gasteiger partial charge on any atom is 0.191 e. The summed E-state index contributed by atoms with van der Waals surface area (Å²) in [6.07, 6.45) is 0.998. The summed E-state index contributed by atoms with van der Waals surface area (Å²) in [5.74, 6) is 3.03. The highest BCUT2D eigenvalue weighted by Crippen LogP contribution is 2.08. The van der Waals surface area contributed by atoms with Gasteiger partial charge < -0.3 is 16.0 Å². The Kier molecular flexibility index (Phi) is 8.84. The minimum absolute atomic E-state index is 0. The van der Waals surface area contributed by atoms with Gasteiger partial charge >= 0.3 is 0 Å².